The van der Waals surface area contributed by atoms with E-state index in [0.717, 1.165) is 6.42 Å². The van der Waals surface area contributed by atoms with Crippen LogP contribution in [0.4, 0.5) is 4.79 Å². The lowest BCUT2D eigenvalue weighted by Crippen LogP contribution is -2.28. The van der Waals surface area contributed by atoms with Crippen LogP contribution in [0.25, 0.3) is 0 Å². The van der Waals surface area contributed by atoms with Crippen molar-refractivity contribution >= 4 is 6.09 Å². The normalized spacial score (nSPS) is 30.3. The van der Waals surface area contributed by atoms with Crippen molar-refractivity contribution in [3.63, 3.8) is 0 Å². The summed E-state index contributed by atoms with van der Waals surface area (Å²) in [6.07, 6.45) is 0.120. The highest BCUT2D eigenvalue weighted by Gasteiger charge is 2.29. The number of ether oxygens (including phenoxy) is 2. The molecule has 0 bridgehead atoms. The van der Waals surface area contributed by atoms with E-state index in [1.165, 1.54) is 0 Å². The molecule has 1 fully saturated rings. The molecule has 0 saturated carbocycles. The first-order valence-corrected chi connectivity index (χ1v) is 3.78. The van der Waals surface area contributed by atoms with Crippen molar-refractivity contribution in [1.29, 1.82) is 0 Å². The Morgan fingerprint density at radius 2 is 2.45 bits per heavy atom. The molecule has 11 heavy (non-hydrogen) atoms. The van der Waals surface area contributed by atoms with E-state index in [2.05, 4.69) is 0 Å². The molecule has 1 saturated heterocycles. The van der Waals surface area contributed by atoms with Gasteiger partial charge in [0.1, 0.15) is 6.10 Å². The molecule has 1 amide bonds. The van der Waals surface area contributed by atoms with E-state index >= 15 is 0 Å². The second-order valence-electron chi connectivity index (χ2n) is 2.68. The van der Waals surface area contributed by atoms with Gasteiger partial charge < -0.3 is 15.2 Å². The molecular weight excluding hydrogens is 146 g/mol. The van der Waals surface area contributed by atoms with Crippen LogP contribution in [0, 0.1) is 5.92 Å². The van der Waals surface area contributed by atoms with Gasteiger partial charge in [-0.3, -0.25) is 0 Å². The Kier molecular flexibility index (Phi) is 2.70. The van der Waals surface area contributed by atoms with Crippen LogP contribution in [-0.2, 0) is 9.47 Å². The molecule has 1 heterocycles. The maximum atomic E-state index is 10.4. The number of hydrogen-bond acceptors (Lipinski definition) is 3. The molecule has 4 heteroatoms. The van der Waals surface area contributed by atoms with Gasteiger partial charge in [0, 0.05) is 5.92 Å². The number of primary amides is 1. The molecule has 0 spiro atoms. The lowest BCUT2D eigenvalue weighted by molar-refractivity contribution is 0.0783. The maximum absolute atomic E-state index is 10.4. The Bertz CT molecular complexity index is 149. The number of carbonyl (C=O) groups excluding carboxylic acids is 1. The Balaban J connectivity index is 2.37. The first-order valence-electron chi connectivity index (χ1n) is 3.78. The zero-order valence-electron chi connectivity index (χ0n) is 6.58. The summed E-state index contributed by atoms with van der Waals surface area (Å²) in [7, 11) is 0. The molecule has 4 nitrogen and oxygen atoms in total. The average molecular weight is 159 g/mol. The number of hydrogen-bond donors (Lipinski definition) is 1. The van der Waals surface area contributed by atoms with Gasteiger partial charge in [0.2, 0.25) is 0 Å². The molecule has 2 atom stereocenters. The highest BCUT2D eigenvalue weighted by molar-refractivity contribution is 5.64. The van der Waals surface area contributed by atoms with Crippen LogP contribution in [0.5, 0.6) is 0 Å². The van der Waals surface area contributed by atoms with Gasteiger partial charge in [-0.25, -0.2) is 4.79 Å². The van der Waals surface area contributed by atoms with Gasteiger partial charge in [-0.15, -0.1) is 0 Å². The van der Waals surface area contributed by atoms with Crippen LogP contribution in [-0.4, -0.2) is 25.4 Å². The van der Waals surface area contributed by atoms with Gasteiger partial charge in [0.25, 0.3) is 0 Å². The Morgan fingerprint density at radius 1 is 1.73 bits per heavy atom. The van der Waals surface area contributed by atoms with Gasteiger partial charge in [0.15, 0.2) is 0 Å². The van der Waals surface area contributed by atoms with Gasteiger partial charge in [0.05, 0.1) is 13.2 Å². The molecule has 2 unspecified atom stereocenters. The first kappa shape index (κ1) is 8.33. The van der Waals surface area contributed by atoms with Crippen molar-refractivity contribution in [3.8, 4) is 0 Å². The smallest absolute Gasteiger partial charge is 0.404 e. The molecule has 0 aromatic heterocycles. The highest BCUT2D eigenvalue weighted by Crippen LogP contribution is 2.19. The van der Waals surface area contributed by atoms with Crippen LogP contribution < -0.4 is 5.73 Å². The van der Waals surface area contributed by atoms with E-state index in [-0.39, 0.29) is 6.10 Å². The van der Waals surface area contributed by atoms with E-state index in [4.69, 9.17) is 15.2 Å². The first-order chi connectivity index (χ1) is 5.24. The van der Waals surface area contributed by atoms with Crippen molar-refractivity contribution in [2.75, 3.05) is 13.2 Å². The van der Waals surface area contributed by atoms with Crippen molar-refractivity contribution in [2.45, 2.75) is 19.4 Å². The minimum Gasteiger partial charge on any atom is -0.444 e. The van der Waals surface area contributed by atoms with E-state index < -0.39 is 6.09 Å². The fraction of sp³-hybridized carbons (Fsp3) is 0.857. The molecular formula is C7H13NO3. The van der Waals surface area contributed by atoms with E-state index in [1.54, 1.807) is 0 Å². The molecule has 0 aromatic rings. The predicted molar refractivity (Wildman–Crippen MR) is 39.1 cm³/mol. The summed E-state index contributed by atoms with van der Waals surface area (Å²) in [5, 5.41) is 0. The third-order valence-corrected chi connectivity index (χ3v) is 1.93. The zero-order chi connectivity index (χ0) is 8.27. The molecule has 0 radical (unpaired) electrons. The monoisotopic (exact) mass is 159 g/mol. The van der Waals surface area contributed by atoms with Crippen molar-refractivity contribution in [2.24, 2.45) is 11.7 Å². The van der Waals surface area contributed by atoms with Crippen molar-refractivity contribution in [1.82, 2.24) is 0 Å². The van der Waals surface area contributed by atoms with Crippen LogP contribution >= 0.6 is 0 Å². The van der Waals surface area contributed by atoms with Crippen LogP contribution in [0.1, 0.15) is 13.3 Å². The summed E-state index contributed by atoms with van der Waals surface area (Å²) < 4.78 is 9.96. The van der Waals surface area contributed by atoms with Gasteiger partial charge in [-0.1, -0.05) is 6.92 Å². The Morgan fingerprint density at radius 3 is 3.00 bits per heavy atom. The second kappa shape index (κ2) is 3.57. The van der Waals surface area contributed by atoms with Crippen LogP contribution in [0.15, 0.2) is 0 Å². The number of amides is 1. The van der Waals surface area contributed by atoms with Crippen molar-refractivity contribution < 1.29 is 14.3 Å². The minimum atomic E-state index is -0.709. The van der Waals surface area contributed by atoms with Gasteiger partial charge >= 0.3 is 6.09 Å². The molecule has 1 aliphatic rings. The Hall–Kier alpha value is -0.770. The maximum Gasteiger partial charge on any atom is 0.404 e. The zero-order valence-corrected chi connectivity index (χ0v) is 6.58. The molecule has 1 rings (SSSR count). The minimum absolute atomic E-state index is 0.127. The fourth-order valence-corrected chi connectivity index (χ4v) is 1.24. The predicted octanol–water partition coefficient (Wildman–Crippen LogP) is 0.507. The quantitative estimate of drug-likeness (QED) is 0.638. The largest absolute Gasteiger partial charge is 0.444 e. The Labute approximate surface area is 65.7 Å². The lowest BCUT2D eigenvalue weighted by atomic mass is 10.0. The molecule has 0 aliphatic carbocycles. The summed E-state index contributed by atoms with van der Waals surface area (Å²) in [6, 6.07) is 0. The number of nitrogens with two attached hydrogens (primary N) is 1. The summed E-state index contributed by atoms with van der Waals surface area (Å²) in [5.41, 5.74) is 4.87. The summed E-state index contributed by atoms with van der Waals surface area (Å²) in [6.45, 7) is 3.20. The third-order valence-electron chi connectivity index (χ3n) is 1.93. The van der Waals surface area contributed by atoms with Crippen molar-refractivity contribution in [3.05, 3.63) is 0 Å². The van der Waals surface area contributed by atoms with Crippen LogP contribution in [0.2, 0.25) is 0 Å². The van der Waals surface area contributed by atoms with Gasteiger partial charge in [-0.05, 0) is 6.42 Å². The van der Waals surface area contributed by atoms with E-state index in [1.807, 2.05) is 6.92 Å². The molecule has 2 N–H and O–H groups in total. The molecule has 64 valence electrons. The topological polar surface area (TPSA) is 61.6 Å². The molecule has 1 aliphatic heterocycles. The third kappa shape index (κ3) is 2.08. The standard InChI is InChI=1S/C7H13NO3/c1-2-5-3-10-4-6(5)11-7(8)9/h5-6H,2-4H2,1H3,(H2,8,9). The highest BCUT2D eigenvalue weighted by atomic mass is 16.6. The van der Waals surface area contributed by atoms with E-state index in [0.29, 0.717) is 19.1 Å². The van der Waals surface area contributed by atoms with E-state index in [9.17, 15) is 4.79 Å². The molecule has 0 aromatic carbocycles. The summed E-state index contributed by atoms with van der Waals surface area (Å²) in [4.78, 5) is 10.4. The summed E-state index contributed by atoms with van der Waals surface area (Å²) >= 11 is 0. The van der Waals surface area contributed by atoms with Crippen LogP contribution in [0.3, 0.4) is 0 Å². The number of carbonyl (C=O) groups is 1. The average Bonchev–Trinajstić information content (AvgIpc) is 2.34. The second-order valence-corrected chi connectivity index (χ2v) is 2.68. The SMILES string of the molecule is CCC1COCC1OC(N)=O. The van der Waals surface area contributed by atoms with Gasteiger partial charge in [-0.2, -0.15) is 0 Å². The fourth-order valence-electron chi connectivity index (χ4n) is 1.24. The number of rotatable bonds is 2. The summed E-state index contributed by atoms with van der Waals surface area (Å²) in [5.74, 6) is 0.322. The lowest BCUT2D eigenvalue weighted by Gasteiger charge is -2.14.